The molecule has 0 radical (unpaired) electrons. The van der Waals surface area contributed by atoms with Crippen LogP contribution in [-0.2, 0) is 0 Å². The van der Waals surface area contributed by atoms with Crippen molar-refractivity contribution in [1.82, 2.24) is 0 Å². The highest BCUT2D eigenvalue weighted by Gasteiger charge is 2.02. The van der Waals surface area contributed by atoms with Crippen molar-refractivity contribution in [1.29, 1.82) is 0 Å². The Morgan fingerprint density at radius 1 is 0.591 bits per heavy atom. The van der Waals surface area contributed by atoms with Gasteiger partial charge in [0.25, 0.3) is 0 Å². The lowest BCUT2D eigenvalue weighted by atomic mass is 9.99. The molecule has 0 aliphatic heterocycles. The van der Waals surface area contributed by atoms with E-state index < -0.39 is 0 Å². The second-order valence-electron chi connectivity index (χ2n) is 5.55. The number of hydrogen-bond donors (Lipinski definition) is 0. The quantitative estimate of drug-likeness (QED) is 0.635. The van der Waals surface area contributed by atoms with Crippen molar-refractivity contribution in [2.75, 3.05) is 0 Å². The number of aryl methyl sites for hydroxylation is 2. The molecule has 0 heterocycles. The molecule has 0 unspecified atom stereocenters. The highest BCUT2D eigenvalue weighted by Crippen LogP contribution is 2.22. The molecule has 2 nitrogen and oxygen atoms in total. The van der Waals surface area contributed by atoms with Crippen LogP contribution in [-0.4, -0.2) is 12.6 Å². The number of rotatable bonds is 2. The second-order valence-corrected chi connectivity index (χ2v) is 5.55. The first kappa shape index (κ1) is 14.2. The molecule has 3 aromatic carbocycles. The number of aldehydes is 2. The maximum absolute atomic E-state index is 11.1. The summed E-state index contributed by atoms with van der Waals surface area (Å²) in [7, 11) is 0. The number of fused-ring (bicyclic) bond motifs is 4. The lowest BCUT2D eigenvalue weighted by Crippen LogP contribution is -1.86. The third-order valence-corrected chi connectivity index (χ3v) is 4.18. The van der Waals surface area contributed by atoms with Gasteiger partial charge < -0.3 is 0 Å². The molecule has 3 rings (SSSR count). The number of hydrogen-bond acceptors (Lipinski definition) is 2. The van der Waals surface area contributed by atoms with E-state index in [1.54, 1.807) is 0 Å². The van der Waals surface area contributed by atoms with Crippen molar-refractivity contribution in [3.8, 4) is 0 Å². The summed E-state index contributed by atoms with van der Waals surface area (Å²) in [6.45, 7) is 4.10. The minimum Gasteiger partial charge on any atom is -0.298 e. The van der Waals surface area contributed by atoms with Crippen LogP contribution in [0.2, 0.25) is 0 Å². The van der Waals surface area contributed by atoms with E-state index in [0.29, 0.717) is 11.1 Å². The molecule has 4 bridgehead atoms. The molecule has 0 spiro atoms. The molecule has 108 valence electrons. The van der Waals surface area contributed by atoms with Gasteiger partial charge in [-0.3, -0.25) is 9.59 Å². The summed E-state index contributed by atoms with van der Waals surface area (Å²) in [5, 5.41) is 4.07. The van der Waals surface area contributed by atoms with Crippen LogP contribution in [0.1, 0.15) is 31.8 Å². The van der Waals surface area contributed by atoms with Crippen molar-refractivity contribution >= 4 is 34.1 Å². The standard InChI is InChI=1S/C20H16O2/c1-13-17-3-5-19-9-16(12-22)10-20(14(19)2)6-4-18(13)8-15(7-17)11-21/h3-12H,1-2H3. The molecule has 0 aliphatic rings. The van der Waals surface area contributed by atoms with Crippen molar-refractivity contribution < 1.29 is 9.59 Å². The topological polar surface area (TPSA) is 34.1 Å². The van der Waals surface area contributed by atoms with E-state index in [0.717, 1.165) is 45.2 Å². The zero-order valence-corrected chi connectivity index (χ0v) is 12.6. The summed E-state index contributed by atoms with van der Waals surface area (Å²) in [5.74, 6) is 0. The molecule has 0 aromatic heterocycles. The van der Waals surface area contributed by atoms with E-state index in [4.69, 9.17) is 0 Å². The first-order valence-corrected chi connectivity index (χ1v) is 7.18. The number of benzene rings is 2. The maximum Gasteiger partial charge on any atom is 0.150 e. The van der Waals surface area contributed by atoms with Gasteiger partial charge in [0.15, 0.2) is 0 Å². The smallest absolute Gasteiger partial charge is 0.150 e. The average Bonchev–Trinajstić information content (AvgIpc) is 2.53. The average molecular weight is 288 g/mol. The van der Waals surface area contributed by atoms with E-state index in [1.807, 2.05) is 62.4 Å². The maximum atomic E-state index is 11.1. The van der Waals surface area contributed by atoms with Gasteiger partial charge in [0.2, 0.25) is 0 Å². The molecule has 0 amide bonds. The van der Waals surface area contributed by atoms with Crippen LogP contribution in [0.25, 0.3) is 21.5 Å². The van der Waals surface area contributed by atoms with Gasteiger partial charge in [-0.25, -0.2) is 0 Å². The molecule has 0 saturated carbocycles. The first-order valence-electron chi connectivity index (χ1n) is 7.18. The number of carbonyl (C=O) groups is 2. The fourth-order valence-corrected chi connectivity index (χ4v) is 2.76. The molecular weight excluding hydrogens is 272 g/mol. The van der Waals surface area contributed by atoms with E-state index >= 15 is 0 Å². The summed E-state index contributed by atoms with van der Waals surface area (Å²) >= 11 is 0. The van der Waals surface area contributed by atoms with Gasteiger partial charge in [-0.15, -0.1) is 0 Å². The first-order chi connectivity index (χ1) is 10.6. The highest BCUT2D eigenvalue weighted by atomic mass is 16.1. The van der Waals surface area contributed by atoms with Crippen molar-refractivity contribution in [2.24, 2.45) is 0 Å². The Bertz CT molecular complexity index is 795. The van der Waals surface area contributed by atoms with Crippen LogP contribution in [0.4, 0.5) is 0 Å². The minimum absolute atomic E-state index is 0.666. The Labute approximate surface area is 129 Å². The molecular formula is C20H16O2. The van der Waals surface area contributed by atoms with Gasteiger partial charge in [0.1, 0.15) is 12.6 Å². The van der Waals surface area contributed by atoms with Crippen LogP contribution in [0, 0.1) is 13.8 Å². The third-order valence-electron chi connectivity index (χ3n) is 4.18. The second kappa shape index (κ2) is 5.57. The van der Waals surface area contributed by atoms with Gasteiger partial charge >= 0.3 is 0 Å². The van der Waals surface area contributed by atoms with Crippen LogP contribution in [0.15, 0.2) is 48.5 Å². The predicted octanol–water partition coefficient (Wildman–Crippen LogP) is 4.80. The number of carbonyl (C=O) groups excluding carboxylic acids is 2. The summed E-state index contributed by atoms with van der Waals surface area (Å²) < 4.78 is 0. The van der Waals surface area contributed by atoms with Crippen LogP contribution in [0.5, 0.6) is 0 Å². The molecule has 22 heavy (non-hydrogen) atoms. The van der Waals surface area contributed by atoms with E-state index in [9.17, 15) is 9.59 Å². The normalized spacial score (nSPS) is 10.6. The summed E-state index contributed by atoms with van der Waals surface area (Å²) in [5.41, 5.74) is 3.60. The van der Waals surface area contributed by atoms with Gasteiger partial charge in [-0.2, -0.15) is 0 Å². The summed E-state index contributed by atoms with van der Waals surface area (Å²) in [6.07, 6.45) is 1.74. The predicted molar refractivity (Wildman–Crippen MR) is 90.5 cm³/mol. The molecule has 0 fully saturated rings. The molecule has 2 heteroatoms. The fraction of sp³-hybridized carbons (Fsp3) is 0.100. The van der Waals surface area contributed by atoms with Gasteiger partial charge in [-0.1, -0.05) is 24.3 Å². The highest BCUT2D eigenvalue weighted by molar-refractivity contribution is 5.90. The SMILES string of the molecule is Cc1c2ccc3cc(C=O)cc(ccc1cc(C=O)c2)c3C. The monoisotopic (exact) mass is 288 g/mol. The van der Waals surface area contributed by atoms with Crippen molar-refractivity contribution in [3.05, 3.63) is 70.8 Å². The van der Waals surface area contributed by atoms with Crippen LogP contribution < -0.4 is 0 Å². The fourth-order valence-electron chi connectivity index (χ4n) is 2.76. The Hall–Kier alpha value is -2.74. The molecule has 3 aromatic rings. The molecule has 0 atom stereocenters. The Balaban J connectivity index is 2.52. The minimum atomic E-state index is 0.666. The van der Waals surface area contributed by atoms with E-state index in [2.05, 4.69) is 0 Å². The lowest BCUT2D eigenvalue weighted by molar-refractivity contribution is 0.111. The van der Waals surface area contributed by atoms with Crippen molar-refractivity contribution in [3.63, 3.8) is 0 Å². The third kappa shape index (κ3) is 2.44. The van der Waals surface area contributed by atoms with Crippen LogP contribution >= 0.6 is 0 Å². The summed E-state index contributed by atoms with van der Waals surface area (Å²) in [6, 6.07) is 15.6. The largest absolute Gasteiger partial charge is 0.298 e. The molecule has 0 saturated heterocycles. The van der Waals surface area contributed by atoms with Gasteiger partial charge in [0.05, 0.1) is 0 Å². The van der Waals surface area contributed by atoms with Gasteiger partial charge in [0, 0.05) is 11.1 Å². The van der Waals surface area contributed by atoms with Crippen LogP contribution in [0.3, 0.4) is 0 Å². The summed E-state index contributed by atoms with van der Waals surface area (Å²) in [4.78, 5) is 22.3. The Morgan fingerprint density at radius 2 is 0.864 bits per heavy atom. The molecule has 0 aliphatic carbocycles. The van der Waals surface area contributed by atoms with Gasteiger partial charge in [-0.05, 0) is 70.8 Å². The zero-order chi connectivity index (χ0) is 15.7. The molecule has 0 N–H and O–H groups in total. The Kier molecular flexibility index (Phi) is 3.60. The lowest BCUT2D eigenvalue weighted by Gasteiger charge is -2.05. The van der Waals surface area contributed by atoms with E-state index in [-0.39, 0.29) is 0 Å². The zero-order valence-electron chi connectivity index (χ0n) is 12.6. The van der Waals surface area contributed by atoms with E-state index in [1.165, 1.54) is 0 Å². The Morgan fingerprint density at radius 3 is 1.09 bits per heavy atom. The van der Waals surface area contributed by atoms with Crippen molar-refractivity contribution in [2.45, 2.75) is 13.8 Å².